The van der Waals surface area contributed by atoms with Crippen molar-refractivity contribution in [3.8, 4) is 28.7 Å². The summed E-state index contributed by atoms with van der Waals surface area (Å²) in [5.74, 6) is 2.47. The van der Waals surface area contributed by atoms with E-state index in [2.05, 4.69) is 51.5 Å². The van der Waals surface area contributed by atoms with E-state index in [0.717, 1.165) is 22.3 Å². The SMILES string of the molecule is COc1ccc(C(=O)/C=C/c2cccnc2Nc2ccc(F)cc2)cc1.COc1ccc(C(=O)/C=C/c2cccnc2Nc2ccc(F)cc2)cc1N.COc1ccc(C(=O)/C=C/c2cccnc2Nc2ccc(F)cc2)cc1OC.COc1ccc(C(=O)/C=C/c2cccnc2Nc2ccc(F)cc2)cc1[N+](=O)[O-].Nc1ccc(C(=O)/C=C/c2cccnc2Nc2ccc(F)cc2)cc1. The number of ether oxygens (including phenoxy) is 5. The highest BCUT2D eigenvalue weighted by molar-refractivity contribution is 6.10. The second-order valence-electron chi connectivity index (χ2n) is 28.4. The summed E-state index contributed by atoms with van der Waals surface area (Å²) < 4.78 is 90.7. The van der Waals surface area contributed by atoms with Gasteiger partial charge in [-0.1, -0.05) is 0 Å². The Morgan fingerprint density at radius 1 is 0.296 bits per heavy atom. The van der Waals surface area contributed by atoms with E-state index < -0.39 is 10.7 Å². The standard InChI is InChI=1S/C22H19FN2O3.C21H16FN3O4.C21H18FN3O2.C21H17FN2O2.C20H16FN3O/c1-27-20-12-6-16(14-21(20)28-2)19(26)11-5-15-4-3-13-24-22(15)25-18-9-7-17(23)8-10-18;1-29-20-11-5-15(13-18(20)25(27)28)19(26)10-4-14-3-2-12-23-21(14)24-17-8-6-16(22)7-9-17;1-27-20-11-5-15(13-18(20)23)19(26)10-4-14-3-2-12-24-21(14)25-17-8-6-16(22)7-9-17;1-26-19-11-4-15(5-12-19)20(25)13-6-16-3-2-14-23-21(16)24-18-9-7-17(22)8-10-18;21-16-6-10-18(11-7-16)24-20-15(2-1-13-23-20)5-12-19(25)14-3-8-17(22)9-4-14/h3-14H,1-2H3,(H,24,25);2-13H,1H3,(H,23,24);2-13H,23H2,1H3,(H,24,25);2-14H,1H3,(H,23,24);1-13H,22H2,(H,23,24)/b11-5+;2*10-4+;13-6+;12-5+. The molecule has 0 spiro atoms. The molecule has 0 atom stereocenters. The number of hydrogen-bond acceptors (Lipinski definition) is 24. The minimum atomic E-state index is -0.606. The molecule has 15 rings (SSSR count). The number of nitrogen functional groups attached to an aromatic ring is 2. The van der Waals surface area contributed by atoms with Gasteiger partial charge in [0.2, 0.25) is 0 Å². The number of rotatable bonds is 31. The topological polar surface area (TPSA) is 351 Å². The van der Waals surface area contributed by atoms with E-state index in [4.69, 9.17) is 35.2 Å². The van der Waals surface area contributed by atoms with Crippen molar-refractivity contribution in [1.29, 1.82) is 0 Å². The average molecular weight is 1820 g/mol. The third-order valence-electron chi connectivity index (χ3n) is 19.2. The molecule has 15 aromatic rings. The average Bonchev–Trinajstić information content (AvgIpc) is 0.829. The van der Waals surface area contributed by atoms with Crippen molar-refractivity contribution in [1.82, 2.24) is 24.9 Å². The van der Waals surface area contributed by atoms with Gasteiger partial charge in [0.1, 0.15) is 69.7 Å². The zero-order valence-corrected chi connectivity index (χ0v) is 72.9. The van der Waals surface area contributed by atoms with Gasteiger partial charge >= 0.3 is 5.69 Å². The van der Waals surface area contributed by atoms with Crippen LogP contribution in [-0.2, 0) is 0 Å². The van der Waals surface area contributed by atoms with Crippen molar-refractivity contribution in [2.24, 2.45) is 0 Å². The van der Waals surface area contributed by atoms with Crippen LogP contribution in [0.3, 0.4) is 0 Å². The van der Waals surface area contributed by atoms with Crippen LogP contribution in [0, 0.1) is 39.2 Å². The Hall–Kier alpha value is -18.4. The van der Waals surface area contributed by atoms with Crippen molar-refractivity contribution in [3.63, 3.8) is 0 Å². The fourth-order valence-electron chi connectivity index (χ4n) is 12.2. The van der Waals surface area contributed by atoms with Gasteiger partial charge in [0.15, 0.2) is 46.2 Å². The zero-order chi connectivity index (χ0) is 96.0. The molecule has 5 heterocycles. The molecular formula is C105H86F5N13O12. The maximum Gasteiger partial charge on any atom is 0.311 e. The molecule has 25 nitrogen and oxygen atoms in total. The fourth-order valence-corrected chi connectivity index (χ4v) is 12.2. The van der Waals surface area contributed by atoms with E-state index in [1.54, 1.807) is 250 Å². The summed E-state index contributed by atoms with van der Waals surface area (Å²) in [6.07, 6.45) is 23.6. The maximum absolute atomic E-state index is 13.1. The molecule has 0 aliphatic carbocycles. The van der Waals surface area contributed by atoms with Gasteiger partial charge < -0.3 is 61.7 Å². The molecule has 0 unspecified atom stereocenters. The largest absolute Gasteiger partial charge is 0.497 e. The van der Waals surface area contributed by atoms with Crippen molar-refractivity contribution in [2.45, 2.75) is 0 Å². The van der Waals surface area contributed by atoms with E-state index in [0.29, 0.717) is 120 Å². The number of nitrogens with one attached hydrogen (secondary N) is 5. The number of ketones is 5. The van der Waals surface area contributed by atoms with Gasteiger partial charge in [-0.05, 0) is 340 Å². The predicted octanol–water partition coefficient (Wildman–Crippen LogP) is 23.4. The molecule has 678 valence electrons. The molecule has 0 fully saturated rings. The summed E-state index contributed by atoms with van der Waals surface area (Å²) >= 11 is 0. The molecule has 135 heavy (non-hydrogen) atoms. The number of methoxy groups -OCH3 is 5. The van der Waals surface area contributed by atoms with Crippen LogP contribution in [0.25, 0.3) is 30.4 Å². The molecule has 9 N–H and O–H groups in total. The molecule has 0 saturated carbocycles. The lowest BCUT2D eigenvalue weighted by molar-refractivity contribution is -0.385. The Morgan fingerprint density at radius 3 is 0.822 bits per heavy atom. The first kappa shape index (κ1) is 97.3. The number of pyridine rings is 5. The first-order valence-electron chi connectivity index (χ1n) is 40.9. The van der Waals surface area contributed by atoms with Gasteiger partial charge in [0, 0.05) is 127 Å². The van der Waals surface area contributed by atoms with Gasteiger partial charge in [-0.15, -0.1) is 0 Å². The summed E-state index contributed by atoms with van der Waals surface area (Å²) in [7, 11) is 7.48. The van der Waals surface area contributed by atoms with E-state index in [9.17, 15) is 56.0 Å². The number of nitro groups is 1. The molecule has 0 aliphatic rings. The molecule has 0 bridgehead atoms. The van der Waals surface area contributed by atoms with Crippen LogP contribution in [0.1, 0.15) is 79.6 Å². The van der Waals surface area contributed by atoms with Crippen molar-refractivity contribution in [3.05, 3.63) is 441 Å². The lowest BCUT2D eigenvalue weighted by Crippen LogP contribution is -2.00. The highest BCUT2D eigenvalue weighted by Crippen LogP contribution is 2.33. The Labute approximate surface area is 772 Å². The van der Waals surface area contributed by atoms with Crippen LogP contribution in [0.2, 0.25) is 0 Å². The van der Waals surface area contributed by atoms with Gasteiger partial charge in [-0.3, -0.25) is 34.1 Å². The third kappa shape index (κ3) is 29.6. The summed E-state index contributed by atoms with van der Waals surface area (Å²) in [6.45, 7) is 0. The summed E-state index contributed by atoms with van der Waals surface area (Å²) in [5, 5.41) is 26.7. The first-order chi connectivity index (χ1) is 65.4. The number of nitrogens with two attached hydrogens (primary N) is 2. The molecular weight excluding hydrogens is 1730 g/mol. The summed E-state index contributed by atoms with van der Waals surface area (Å²) in [5.41, 5.74) is 21.4. The number of carbonyl (C=O) groups is 5. The lowest BCUT2D eigenvalue weighted by Gasteiger charge is -2.09. The summed E-state index contributed by atoms with van der Waals surface area (Å²) in [4.78, 5) is 93.8. The molecule has 0 aliphatic heterocycles. The van der Waals surface area contributed by atoms with Crippen LogP contribution < -0.4 is 61.7 Å². The minimum Gasteiger partial charge on any atom is -0.497 e. The van der Waals surface area contributed by atoms with E-state index >= 15 is 0 Å². The minimum absolute atomic E-state index is 0.0774. The number of anilines is 12. The second kappa shape index (κ2) is 49.3. The van der Waals surface area contributed by atoms with Crippen molar-refractivity contribution >= 4 is 134 Å². The third-order valence-corrected chi connectivity index (χ3v) is 19.2. The van der Waals surface area contributed by atoms with Gasteiger partial charge in [-0.25, -0.2) is 46.9 Å². The molecule has 10 aromatic carbocycles. The molecule has 30 heteroatoms. The maximum atomic E-state index is 13.1. The van der Waals surface area contributed by atoms with Crippen LogP contribution in [-0.4, -0.2) is 94.3 Å². The number of benzene rings is 10. The van der Waals surface area contributed by atoms with Gasteiger partial charge in [-0.2, -0.15) is 0 Å². The Balaban J connectivity index is 0.000000162. The molecule has 5 aromatic heterocycles. The fraction of sp³-hybridized carbons (Fsp3) is 0.0476. The van der Waals surface area contributed by atoms with Gasteiger partial charge in [0.25, 0.3) is 0 Å². The number of aromatic nitrogens is 5. The van der Waals surface area contributed by atoms with Crippen LogP contribution in [0.4, 0.5) is 96.5 Å². The number of nitrogens with zero attached hydrogens (tertiary/aromatic N) is 6. The Morgan fingerprint density at radius 2 is 0.548 bits per heavy atom. The van der Waals surface area contributed by atoms with Crippen molar-refractivity contribution < 1.29 is 74.5 Å². The Kier molecular flexibility index (Phi) is 35.5. The normalized spacial score (nSPS) is 10.7. The van der Waals surface area contributed by atoms with Crippen LogP contribution in [0.15, 0.2) is 346 Å². The number of nitro benzene ring substituents is 1. The number of carbonyl (C=O) groups excluding carboxylic acids is 5. The lowest BCUT2D eigenvalue weighted by atomic mass is 10.1. The Bertz CT molecular complexity index is 6780. The highest BCUT2D eigenvalue weighted by Gasteiger charge is 2.19. The van der Waals surface area contributed by atoms with Gasteiger partial charge in [0.05, 0.1) is 46.2 Å². The van der Waals surface area contributed by atoms with E-state index in [1.807, 2.05) is 24.3 Å². The first-order valence-corrected chi connectivity index (χ1v) is 40.9. The molecule has 0 radical (unpaired) electrons. The number of halogens is 5. The summed E-state index contributed by atoms with van der Waals surface area (Å²) in [6, 6.07) is 75.1. The quantitative estimate of drug-likeness (QED) is 0.00530. The van der Waals surface area contributed by atoms with E-state index in [-0.39, 0.29) is 69.2 Å². The van der Waals surface area contributed by atoms with Crippen LogP contribution in [0.5, 0.6) is 28.7 Å². The smallest absolute Gasteiger partial charge is 0.311 e. The van der Waals surface area contributed by atoms with Crippen molar-refractivity contribution in [2.75, 3.05) is 73.6 Å². The zero-order valence-electron chi connectivity index (χ0n) is 72.9. The highest BCUT2D eigenvalue weighted by atomic mass is 19.1. The second-order valence-corrected chi connectivity index (χ2v) is 28.4. The monoisotopic (exact) mass is 1820 g/mol. The predicted molar refractivity (Wildman–Crippen MR) is 517 cm³/mol. The van der Waals surface area contributed by atoms with Crippen LogP contribution >= 0.6 is 0 Å². The molecule has 0 amide bonds. The number of hydrogen-bond donors (Lipinski definition) is 7. The number of allylic oxidation sites excluding steroid dienone is 5. The molecule has 0 saturated heterocycles. The van der Waals surface area contributed by atoms with E-state index in [1.165, 1.54) is 138 Å².